The van der Waals surface area contributed by atoms with Crippen LogP contribution in [0.1, 0.15) is 19.3 Å². The minimum Gasteiger partial charge on any atom is -0.494 e. The number of ether oxygens (including phenoxy) is 1. The van der Waals surface area contributed by atoms with E-state index >= 15 is 0 Å². The molecule has 0 spiro atoms. The Bertz CT molecular complexity index is 501. The van der Waals surface area contributed by atoms with Gasteiger partial charge in [0.15, 0.2) is 0 Å². The molecule has 0 bridgehead atoms. The van der Waals surface area contributed by atoms with Gasteiger partial charge in [-0.3, -0.25) is 4.79 Å². The van der Waals surface area contributed by atoms with Gasteiger partial charge in [-0.25, -0.2) is 13.1 Å². The molecule has 0 unspecified atom stereocenters. The van der Waals surface area contributed by atoms with Crippen molar-refractivity contribution in [1.29, 1.82) is 0 Å². The van der Waals surface area contributed by atoms with E-state index in [1.807, 2.05) is 30.3 Å². The molecule has 1 aromatic carbocycles. The molecule has 20 heavy (non-hydrogen) atoms. The first kappa shape index (κ1) is 16.5. The molecule has 0 aromatic heterocycles. The van der Waals surface area contributed by atoms with Crippen LogP contribution in [0.25, 0.3) is 0 Å². The first-order valence-electron chi connectivity index (χ1n) is 6.36. The lowest BCUT2D eigenvalue weighted by Gasteiger charge is -2.07. The van der Waals surface area contributed by atoms with Crippen molar-refractivity contribution in [3.63, 3.8) is 0 Å². The van der Waals surface area contributed by atoms with E-state index < -0.39 is 16.0 Å². The minimum absolute atomic E-state index is 0.116. The number of carboxylic acids is 1. The summed E-state index contributed by atoms with van der Waals surface area (Å²) in [5.41, 5.74) is 0. The SMILES string of the molecule is O=C(O)CCCS(=O)(=O)NCCCOc1ccccc1. The van der Waals surface area contributed by atoms with E-state index in [9.17, 15) is 13.2 Å². The zero-order valence-corrected chi connectivity index (χ0v) is 11.9. The number of carboxylic acid groups (broad SMARTS) is 1. The van der Waals surface area contributed by atoms with Crippen molar-refractivity contribution in [3.05, 3.63) is 30.3 Å². The zero-order chi connectivity index (χ0) is 14.8. The molecular weight excluding hydrogens is 282 g/mol. The Morgan fingerprint density at radius 2 is 1.90 bits per heavy atom. The van der Waals surface area contributed by atoms with Crippen molar-refractivity contribution in [2.45, 2.75) is 19.3 Å². The fraction of sp³-hybridized carbons (Fsp3) is 0.462. The van der Waals surface area contributed by atoms with E-state index in [4.69, 9.17) is 9.84 Å². The smallest absolute Gasteiger partial charge is 0.303 e. The topological polar surface area (TPSA) is 92.7 Å². The van der Waals surface area contributed by atoms with Gasteiger partial charge < -0.3 is 9.84 Å². The number of para-hydroxylation sites is 1. The van der Waals surface area contributed by atoms with E-state index in [2.05, 4.69) is 4.72 Å². The number of rotatable bonds is 10. The summed E-state index contributed by atoms with van der Waals surface area (Å²) < 4.78 is 30.8. The summed E-state index contributed by atoms with van der Waals surface area (Å²) in [6.45, 7) is 0.698. The average Bonchev–Trinajstić information content (AvgIpc) is 2.38. The van der Waals surface area contributed by atoms with Gasteiger partial charge in [0.05, 0.1) is 12.4 Å². The third-order valence-corrected chi connectivity index (χ3v) is 3.93. The number of nitrogens with one attached hydrogen (secondary N) is 1. The monoisotopic (exact) mass is 301 g/mol. The van der Waals surface area contributed by atoms with Crippen molar-refractivity contribution in [1.82, 2.24) is 4.72 Å². The van der Waals surface area contributed by atoms with Crippen LogP contribution in [-0.4, -0.2) is 38.4 Å². The number of carbonyl (C=O) groups is 1. The van der Waals surface area contributed by atoms with E-state index in [1.54, 1.807) is 0 Å². The summed E-state index contributed by atoms with van der Waals surface area (Å²) in [6.07, 6.45) is 0.524. The molecule has 0 amide bonds. The number of hydrogen-bond acceptors (Lipinski definition) is 4. The fourth-order valence-corrected chi connectivity index (χ4v) is 2.62. The number of hydrogen-bond donors (Lipinski definition) is 2. The lowest BCUT2D eigenvalue weighted by Crippen LogP contribution is -2.28. The van der Waals surface area contributed by atoms with Gasteiger partial charge in [-0.15, -0.1) is 0 Å². The molecule has 0 heterocycles. The molecule has 0 aliphatic carbocycles. The molecule has 0 aliphatic heterocycles. The maximum Gasteiger partial charge on any atom is 0.303 e. The van der Waals surface area contributed by atoms with Gasteiger partial charge in [0.1, 0.15) is 5.75 Å². The molecule has 0 radical (unpaired) electrons. The molecular formula is C13H19NO5S. The van der Waals surface area contributed by atoms with Crippen molar-refractivity contribution in [3.8, 4) is 5.75 Å². The Morgan fingerprint density at radius 1 is 1.20 bits per heavy atom. The van der Waals surface area contributed by atoms with Crippen LogP contribution in [0.4, 0.5) is 0 Å². The summed E-state index contributed by atoms with van der Waals surface area (Å²) in [6, 6.07) is 9.27. The van der Waals surface area contributed by atoms with E-state index in [0.717, 1.165) is 5.75 Å². The fourth-order valence-electron chi connectivity index (χ4n) is 1.49. The maximum atomic E-state index is 11.5. The predicted octanol–water partition coefficient (Wildman–Crippen LogP) is 1.24. The molecule has 0 saturated carbocycles. The van der Waals surface area contributed by atoms with Gasteiger partial charge in [0.25, 0.3) is 0 Å². The molecule has 2 N–H and O–H groups in total. The molecule has 112 valence electrons. The number of sulfonamides is 1. The lowest BCUT2D eigenvalue weighted by atomic mass is 10.3. The van der Waals surface area contributed by atoms with Crippen molar-refractivity contribution < 1.29 is 23.1 Å². The highest BCUT2D eigenvalue weighted by atomic mass is 32.2. The van der Waals surface area contributed by atoms with Gasteiger partial charge in [0.2, 0.25) is 10.0 Å². The van der Waals surface area contributed by atoms with Gasteiger partial charge in [-0.2, -0.15) is 0 Å². The van der Waals surface area contributed by atoms with Crippen LogP contribution < -0.4 is 9.46 Å². The second-order valence-electron chi connectivity index (χ2n) is 4.23. The summed E-state index contributed by atoms with van der Waals surface area (Å²) in [4.78, 5) is 10.3. The Morgan fingerprint density at radius 3 is 2.55 bits per heavy atom. The van der Waals surface area contributed by atoms with Crippen molar-refractivity contribution in [2.75, 3.05) is 18.9 Å². The highest BCUT2D eigenvalue weighted by Gasteiger charge is 2.10. The average molecular weight is 301 g/mol. The Hall–Kier alpha value is -1.60. The Kier molecular flexibility index (Phi) is 7.03. The summed E-state index contributed by atoms with van der Waals surface area (Å²) >= 11 is 0. The normalized spacial score (nSPS) is 11.2. The van der Waals surface area contributed by atoms with Crippen LogP contribution in [0.3, 0.4) is 0 Å². The number of aliphatic carboxylic acids is 1. The van der Waals surface area contributed by atoms with Gasteiger partial charge >= 0.3 is 5.97 Å². The van der Waals surface area contributed by atoms with E-state index in [0.29, 0.717) is 13.0 Å². The molecule has 6 nitrogen and oxygen atoms in total. The third kappa shape index (κ3) is 7.75. The highest BCUT2D eigenvalue weighted by molar-refractivity contribution is 7.89. The standard InChI is InChI=1S/C13H19NO5S/c15-13(16)8-4-11-20(17,18)14-9-5-10-19-12-6-2-1-3-7-12/h1-3,6-7,14H,4-5,8-11H2,(H,15,16). The first-order chi connectivity index (χ1) is 9.49. The number of benzene rings is 1. The lowest BCUT2D eigenvalue weighted by molar-refractivity contribution is -0.137. The largest absolute Gasteiger partial charge is 0.494 e. The molecule has 1 rings (SSSR count). The molecule has 7 heteroatoms. The van der Waals surface area contributed by atoms with E-state index in [1.165, 1.54) is 0 Å². The molecule has 0 saturated heterocycles. The Balaban J connectivity index is 2.12. The molecule has 1 aromatic rings. The third-order valence-electron chi connectivity index (χ3n) is 2.46. The van der Waals surface area contributed by atoms with Gasteiger partial charge in [-0.05, 0) is 25.0 Å². The van der Waals surface area contributed by atoms with Crippen LogP contribution in [-0.2, 0) is 14.8 Å². The molecule has 0 fully saturated rings. The summed E-state index contributed by atoms with van der Waals surface area (Å²) in [5.74, 6) is -0.410. The van der Waals surface area contributed by atoms with Crippen LogP contribution in [0.15, 0.2) is 30.3 Å². The Labute approximate surface area is 118 Å². The van der Waals surface area contributed by atoms with Crippen molar-refractivity contribution in [2.24, 2.45) is 0 Å². The van der Waals surface area contributed by atoms with E-state index in [-0.39, 0.29) is 25.1 Å². The molecule has 0 atom stereocenters. The quantitative estimate of drug-likeness (QED) is 0.634. The van der Waals surface area contributed by atoms with Crippen LogP contribution >= 0.6 is 0 Å². The maximum absolute atomic E-state index is 11.5. The first-order valence-corrected chi connectivity index (χ1v) is 8.02. The van der Waals surface area contributed by atoms with Crippen LogP contribution in [0.2, 0.25) is 0 Å². The zero-order valence-electron chi connectivity index (χ0n) is 11.1. The molecule has 0 aliphatic rings. The second kappa shape index (κ2) is 8.55. The highest BCUT2D eigenvalue weighted by Crippen LogP contribution is 2.08. The summed E-state index contributed by atoms with van der Waals surface area (Å²) in [7, 11) is -3.39. The van der Waals surface area contributed by atoms with Gasteiger partial charge in [0, 0.05) is 13.0 Å². The summed E-state index contributed by atoms with van der Waals surface area (Å²) in [5, 5.41) is 8.43. The van der Waals surface area contributed by atoms with Crippen molar-refractivity contribution >= 4 is 16.0 Å². The minimum atomic E-state index is -3.39. The second-order valence-corrected chi connectivity index (χ2v) is 6.15. The van der Waals surface area contributed by atoms with Crippen LogP contribution in [0, 0.1) is 0 Å². The van der Waals surface area contributed by atoms with Crippen LogP contribution in [0.5, 0.6) is 5.75 Å². The predicted molar refractivity (Wildman–Crippen MR) is 75.2 cm³/mol. The van der Waals surface area contributed by atoms with Gasteiger partial charge in [-0.1, -0.05) is 18.2 Å².